The number of carbonyl (C=O) groups excluding carboxylic acids is 1. The molecule has 1 aromatic rings. The van der Waals surface area contributed by atoms with Gasteiger partial charge in [-0.2, -0.15) is 0 Å². The van der Waals surface area contributed by atoms with E-state index in [0.717, 1.165) is 44.5 Å². The standard InChI is InChI=1S/C17H23FN4O/c18-12-4-1-3-11(9-12)15-5-2-8-22(15)17(23)16-13-10-19-7-6-14(13)20-21-16/h1,3-4,9,13-16,19-21H,2,5-8,10H2. The van der Waals surface area contributed by atoms with Crippen molar-refractivity contribution < 1.29 is 9.18 Å². The number of benzene rings is 1. The molecule has 1 amide bonds. The van der Waals surface area contributed by atoms with Gasteiger partial charge >= 0.3 is 0 Å². The number of piperidine rings is 1. The minimum absolute atomic E-state index is 0.00407. The van der Waals surface area contributed by atoms with Crippen LogP contribution in [0.15, 0.2) is 24.3 Å². The maximum Gasteiger partial charge on any atom is 0.241 e. The van der Waals surface area contributed by atoms with Crippen LogP contribution in [-0.4, -0.2) is 42.5 Å². The second-order valence-corrected chi connectivity index (χ2v) is 6.77. The van der Waals surface area contributed by atoms with E-state index in [1.807, 2.05) is 11.0 Å². The Morgan fingerprint density at radius 1 is 1.26 bits per heavy atom. The molecule has 0 radical (unpaired) electrons. The van der Waals surface area contributed by atoms with Crippen LogP contribution in [0, 0.1) is 11.7 Å². The highest BCUT2D eigenvalue weighted by molar-refractivity contribution is 5.83. The smallest absolute Gasteiger partial charge is 0.241 e. The van der Waals surface area contributed by atoms with Crippen molar-refractivity contribution in [3.05, 3.63) is 35.6 Å². The van der Waals surface area contributed by atoms with Crippen molar-refractivity contribution in [1.29, 1.82) is 0 Å². The second kappa shape index (κ2) is 6.19. The zero-order valence-corrected chi connectivity index (χ0v) is 13.1. The number of hydrazine groups is 1. The van der Waals surface area contributed by atoms with Crippen LogP contribution in [0.5, 0.6) is 0 Å². The quantitative estimate of drug-likeness (QED) is 0.760. The highest BCUT2D eigenvalue weighted by atomic mass is 19.1. The Bertz CT molecular complexity index is 596. The summed E-state index contributed by atoms with van der Waals surface area (Å²) in [5, 5.41) is 3.38. The van der Waals surface area contributed by atoms with E-state index in [4.69, 9.17) is 0 Å². The van der Waals surface area contributed by atoms with Crippen LogP contribution in [0.2, 0.25) is 0 Å². The number of carbonyl (C=O) groups is 1. The molecule has 0 bridgehead atoms. The number of hydrogen-bond donors (Lipinski definition) is 3. The second-order valence-electron chi connectivity index (χ2n) is 6.77. The maximum atomic E-state index is 13.5. The van der Waals surface area contributed by atoms with Gasteiger partial charge in [-0.15, -0.1) is 0 Å². The van der Waals surface area contributed by atoms with Crippen LogP contribution in [0.25, 0.3) is 0 Å². The van der Waals surface area contributed by atoms with Crippen molar-refractivity contribution in [2.75, 3.05) is 19.6 Å². The highest BCUT2D eigenvalue weighted by Gasteiger charge is 2.44. The third-order valence-corrected chi connectivity index (χ3v) is 5.42. The summed E-state index contributed by atoms with van der Waals surface area (Å²) >= 11 is 0. The number of rotatable bonds is 2. The SMILES string of the molecule is O=C(C1NNC2CCNCC21)N1CCCC1c1cccc(F)c1. The number of halogens is 1. The number of nitrogens with zero attached hydrogens (tertiary/aromatic N) is 1. The Balaban J connectivity index is 1.53. The van der Waals surface area contributed by atoms with Crippen LogP contribution in [-0.2, 0) is 4.79 Å². The number of hydrogen-bond acceptors (Lipinski definition) is 4. The summed E-state index contributed by atoms with van der Waals surface area (Å²) in [7, 11) is 0. The summed E-state index contributed by atoms with van der Waals surface area (Å²) in [6, 6.07) is 6.82. The molecule has 0 spiro atoms. The molecule has 3 N–H and O–H groups in total. The number of likely N-dealkylation sites (tertiary alicyclic amines) is 1. The Kier molecular flexibility index (Phi) is 4.05. The van der Waals surface area contributed by atoms with Crippen LogP contribution < -0.4 is 16.2 Å². The van der Waals surface area contributed by atoms with Crippen molar-refractivity contribution in [2.45, 2.75) is 37.4 Å². The molecule has 3 saturated heterocycles. The summed E-state index contributed by atoms with van der Waals surface area (Å²) in [6.07, 6.45) is 2.91. The van der Waals surface area contributed by atoms with E-state index >= 15 is 0 Å². The Morgan fingerprint density at radius 2 is 2.17 bits per heavy atom. The lowest BCUT2D eigenvalue weighted by atomic mass is 9.88. The van der Waals surface area contributed by atoms with Crippen LogP contribution >= 0.6 is 0 Å². The molecular weight excluding hydrogens is 295 g/mol. The molecule has 0 aliphatic carbocycles. The van der Waals surface area contributed by atoms with E-state index in [1.165, 1.54) is 6.07 Å². The number of fused-ring (bicyclic) bond motifs is 1. The summed E-state index contributed by atoms with van der Waals surface area (Å²) in [5.41, 5.74) is 7.39. The molecular formula is C17H23FN4O. The first-order valence-corrected chi connectivity index (χ1v) is 8.52. The lowest BCUT2D eigenvalue weighted by Gasteiger charge is -2.32. The van der Waals surface area contributed by atoms with Crippen molar-refractivity contribution in [3.63, 3.8) is 0 Å². The molecule has 4 unspecified atom stereocenters. The summed E-state index contributed by atoms with van der Waals surface area (Å²) in [4.78, 5) is 15.0. The van der Waals surface area contributed by atoms with Crippen LogP contribution in [0.3, 0.4) is 0 Å². The molecule has 3 heterocycles. The molecule has 3 aliphatic heterocycles. The fourth-order valence-corrected chi connectivity index (χ4v) is 4.23. The van der Waals surface area contributed by atoms with Crippen molar-refractivity contribution in [3.8, 4) is 0 Å². The zero-order valence-electron chi connectivity index (χ0n) is 13.1. The molecule has 6 heteroatoms. The predicted molar refractivity (Wildman–Crippen MR) is 84.9 cm³/mol. The van der Waals surface area contributed by atoms with Gasteiger partial charge in [0, 0.05) is 25.0 Å². The topological polar surface area (TPSA) is 56.4 Å². The third kappa shape index (κ3) is 2.75. The minimum atomic E-state index is -0.237. The Morgan fingerprint density at radius 3 is 3.04 bits per heavy atom. The highest BCUT2D eigenvalue weighted by Crippen LogP contribution is 2.34. The largest absolute Gasteiger partial charge is 0.334 e. The number of nitrogens with one attached hydrogen (secondary N) is 3. The predicted octanol–water partition coefficient (Wildman–Crippen LogP) is 0.944. The zero-order chi connectivity index (χ0) is 15.8. The van der Waals surface area contributed by atoms with E-state index in [9.17, 15) is 9.18 Å². The van der Waals surface area contributed by atoms with Gasteiger partial charge in [-0.3, -0.25) is 10.2 Å². The average Bonchev–Trinajstić information content (AvgIpc) is 3.21. The summed E-state index contributed by atoms with van der Waals surface area (Å²) in [6.45, 7) is 2.61. The van der Waals surface area contributed by atoms with E-state index < -0.39 is 0 Å². The lowest BCUT2D eigenvalue weighted by molar-refractivity contribution is -0.135. The minimum Gasteiger partial charge on any atom is -0.334 e. The van der Waals surface area contributed by atoms with Crippen molar-refractivity contribution >= 4 is 5.91 Å². The Labute approximate surface area is 135 Å². The molecule has 1 aromatic carbocycles. The van der Waals surface area contributed by atoms with Gasteiger partial charge in [0.1, 0.15) is 11.9 Å². The third-order valence-electron chi connectivity index (χ3n) is 5.42. The van der Waals surface area contributed by atoms with E-state index in [-0.39, 0.29) is 29.7 Å². The lowest BCUT2D eigenvalue weighted by Crippen LogP contribution is -2.50. The van der Waals surface area contributed by atoms with Gasteiger partial charge in [0.2, 0.25) is 5.91 Å². The van der Waals surface area contributed by atoms with Gasteiger partial charge in [0.15, 0.2) is 0 Å². The van der Waals surface area contributed by atoms with Crippen molar-refractivity contribution in [2.24, 2.45) is 5.92 Å². The van der Waals surface area contributed by atoms with Gasteiger partial charge in [-0.25, -0.2) is 9.82 Å². The molecule has 124 valence electrons. The normalized spacial score (nSPS) is 33.7. The molecule has 4 rings (SSSR count). The molecule has 0 saturated carbocycles. The van der Waals surface area contributed by atoms with Gasteiger partial charge < -0.3 is 10.2 Å². The van der Waals surface area contributed by atoms with E-state index in [0.29, 0.717) is 6.04 Å². The molecule has 3 aliphatic rings. The monoisotopic (exact) mass is 318 g/mol. The molecule has 5 nitrogen and oxygen atoms in total. The summed E-state index contributed by atoms with van der Waals surface area (Å²) in [5.74, 6) is 0.185. The first-order valence-electron chi connectivity index (χ1n) is 8.52. The number of amides is 1. The first kappa shape index (κ1) is 15.1. The molecule has 4 atom stereocenters. The molecule has 0 aromatic heterocycles. The van der Waals surface area contributed by atoms with E-state index in [1.54, 1.807) is 12.1 Å². The average molecular weight is 318 g/mol. The molecule has 3 fully saturated rings. The first-order chi connectivity index (χ1) is 11.2. The summed E-state index contributed by atoms with van der Waals surface area (Å²) < 4.78 is 13.5. The van der Waals surface area contributed by atoms with Gasteiger partial charge in [-0.1, -0.05) is 12.1 Å². The van der Waals surface area contributed by atoms with Crippen molar-refractivity contribution in [1.82, 2.24) is 21.1 Å². The van der Waals surface area contributed by atoms with Gasteiger partial charge in [0.05, 0.1) is 6.04 Å². The fraction of sp³-hybridized carbons (Fsp3) is 0.588. The fourth-order valence-electron chi connectivity index (χ4n) is 4.23. The van der Waals surface area contributed by atoms with Crippen LogP contribution in [0.1, 0.15) is 30.9 Å². The van der Waals surface area contributed by atoms with Crippen LogP contribution in [0.4, 0.5) is 4.39 Å². The molecule has 23 heavy (non-hydrogen) atoms. The Hall–Kier alpha value is -1.50. The van der Waals surface area contributed by atoms with Gasteiger partial charge in [-0.05, 0) is 43.5 Å². The van der Waals surface area contributed by atoms with Gasteiger partial charge in [0.25, 0.3) is 0 Å². The van der Waals surface area contributed by atoms with E-state index in [2.05, 4.69) is 16.2 Å². The maximum absolute atomic E-state index is 13.5.